The Bertz CT molecular complexity index is 5190. The molecule has 11 rings (SSSR count). The van der Waals surface area contributed by atoms with Crippen LogP contribution >= 0.6 is 21.8 Å². The summed E-state index contributed by atoms with van der Waals surface area (Å²) in [5.74, 6) is -14.4. The molecule has 1 heterocycles. The zero-order valence-corrected chi connectivity index (χ0v) is 85.1. The number of carbonyl (C=O) groups is 9. The molecule has 150 heavy (non-hydrogen) atoms. The molecule has 2 fully saturated rings. The van der Waals surface area contributed by atoms with Crippen LogP contribution in [0.1, 0.15) is 106 Å². The Balaban J connectivity index is 0.000000633. The Hall–Kier alpha value is -13.4. The largest absolute Gasteiger partial charge is 0.542 e. The molecule has 9 aromatic carbocycles. The highest BCUT2D eigenvalue weighted by Gasteiger charge is 2.53. The molecule has 1 saturated heterocycles. The maximum Gasteiger partial charge on any atom is 0.490 e. The third-order valence-electron chi connectivity index (χ3n) is 23.2. The van der Waals surface area contributed by atoms with Gasteiger partial charge in [-0.15, -0.1) is 0 Å². The summed E-state index contributed by atoms with van der Waals surface area (Å²) in [5, 5.41) is 71.9. The van der Waals surface area contributed by atoms with Crippen LogP contribution in [-0.4, -0.2) is 224 Å². The summed E-state index contributed by atoms with van der Waals surface area (Å²) in [5.41, 5.74) is 15.4. The summed E-state index contributed by atoms with van der Waals surface area (Å²) < 4.78 is 197. The molecule has 14 N–H and O–H groups in total. The lowest BCUT2D eigenvalue weighted by molar-refractivity contribution is -0.344. The first-order valence-corrected chi connectivity index (χ1v) is 51.6. The topological polar surface area (TPSA) is 430 Å². The van der Waals surface area contributed by atoms with Crippen molar-refractivity contribution in [1.82, 2.24) is 25.3 Å². The number of unbranched alkanes of at least 4 members (excludes halogenated alkanes) is 2. The molecule has 2 aliphatic rings. The van der Waals surface area contributed by atoms with Crippen LogP contribution in [0.25, 0.3) is 0 Å². The quantitative estimate of drug-likeness (QED) is 0.00598. The highest BCUT2D eigenvalue weighted by molar-refractivity contribution is 7.96. The Kier molecular flexibility index (Phi) is 54.5. The van der Waals surface area contributed by atoms with Crippen molar-refractivity contribution in [2.75, 3.05) is 85.6 Å². The number of rotatable bonds is 33. The van der Waals surface area contributed by atoms with Gasteiger partial charge < -0.3 is 72.5 Å². The molecule has 9 aromatic rings. The molecular formula is C104H126F18N11O14P3+2. The molecule has 2 amide bonds. The zero-order chi connectivity index (χ0) is 113. The number of ether oxygens (including phenoxy) is 1. The van der Waals surface area contributed by atoms with E-state index in [-0.39, 0.29) is 37.1 Å². The summed E-state index contributed by atoms with van der Waals surface area (Å²) in [4.78, 5) is 98.6. The van der Waals surface area contributed by atoms with Gasteiger partial charge in [-0.25, -0.2) is 14.4 Å². The Morgan fingerprint density at radius 2 is 0.553 bits per heavy atom. The lowest BCUT2D eigenvalue weighted by atomic mass is 9.78. The summed E-state index contributed by atoms with van der Waals surface area (Å²) in [6.45, 7) is 8.87. The van der Waals surface area contributed by atoms with Crippen molar-refractivity contribution in [1.29, 1.82) is 16.2 Å². The number of hydrogen-bond acceptors (Lipinski definition) is 14. The van der Waals surface area contributed by atoms with Crippen molar-refractivity contribution in [2.24, 2.45) is 33.4 Å². The van der Waals surface area contributed by atoms with E-state index in [1.165, 1.54) is 47.7 Å². The van der Waals surface area contributed by atoms with Crippen LogP contribution in [0, 0.1) is 32.5 Å². The minimum Gasteiger partial charge on any atom is -0.542 e. The molecule has 1 aliphatic carbocycles. The van der Waals surface area contributed by atoms with Crippen LogP contribution < -0.4 is 80.7 Å². The third-order valence-corrected chi connectivity index (χ3v) is 36.8. The smallest absolute Gasteiger partial charge is 0.490 e. The monoisotopic (exact) mass is 2190 g/mol. The second kappa shape index (κ2) is 61.7. The number of Topliss-reactive ketones (excluding diaryl/α,β-unsaturated/α-hetero) is 3. The highest BCUT2D eigenvalue weighted by atomic mass is 31.2. The minimum atomic E-state index is -5.19. The van der Waals surface area contributed by atoms with Crippen LogP contribution in [0.4, 0.5) is 79.0 Å². The van der Waals surface area contributed by atoms with Crippen molar-refractivity contribution >= 4 is 140 Å². The molecule has 0 radical (unpaired) electrons. The van der Waals surface area contributed by atoms with Gasteiger partial charge in [-0.1, -0.05) is 185 Å². The fourth-order valence-electron chi connectivity index (χ4n) is 14.8. The second-order valence-corrected chi connectivity index (χ2v) is 45.3. The Morgan fingerprint density at radius 1 is 0.353 bits per heavy atom. The van der Waals surface area contributed by atoms with E-state index in [4.69, 9.17) is 77.8 Å². The fourth-order valence-corrected chi connectivity index (χ4v) is 27.9. The van der Waals surface area contributed by atoms with Crippen LogP contribution in [0.2, 0.25) is 0 Å². The lowest BCUT2D eigenvalue weighted by Gasteiger charge is -2.38. The van der Waals surface area contributed by atoms with Gasteiger partial charge in [-0.05, 0) is 173 Å². The second-order valence-electron chi connectivity index (χ2n) is 34.5. The number of amides is 2. The van der Waals surface area contributed by atoms with Gasteiger partial charge in [0, 0.05) is 92.8 Å². The van der Waals surface area contributed by atoms with Gasteiger partial charge in [0.2, 0.25) is 23.4 Å². The predicted molar refractivity (Wildman–Crippen MR) is 547 cm³/mol. The average Bonchev–Trinajstić information content (AvgIpc) is 0.955. The predicted octanol–water partition coefficient (Wildman–Crippen LogP) is 15.7. The summed E-state index contributed by atoms with van der Waals surface area (Å²) in [7, 11) is -0.266. The van der Waals surface area contributed by atoms with E-state index in [1.54, 1.807) is 35.8 Å². The van der Waals surface area contributed by atoms with Crippen LogP contribution in [0.5, 0.6) is 0 Å². The summed E-state index contributed by atoms with van der Waals surface area (Å²) in [6.07, 6.45) is -17.7. The number of carboxylic acid groups (broad SMARTS) is 4. The van der Waals surface area contributed by atoms with Crippen molar-refractivity contribution in [2.45, 2.75) is 143 Å². The van der Waals surface area contributed by atoms with Crippen molar-refractivity contribution in [3.05, 3.63) is 273 Å². The van der Waals surface area contributed by atoms with Crippen molar-refractivity contribution in [3.8, 4) is 0 Å². The lowest BCUT2D eigenvalue weighted by Crippen LogP contribution is -2.52. The van der Waals surface area contributed by atoms with Crippen LogP contribution in [0.3, 0.4) is 0 Å². The molecule has 1 saturated carbocycles. The van der Waals surface area contributed by atoms with E-state index in [2.05, 4.69) is 284 Å². The van der Waals surface area contributed by atoms with Gasteiger partial charge in [0.05, 0.1) is 29.3 Å². The molecule has 0 spiro atoms. The summed E-state index contributed by atoms with van der Waals surface area (Å²) >= 11 is 0. The minimum absolute atomic E-state index is 0. The van der Waals surface area contributed by atoms with E-state index < -0.39 is 111 Å². The molecule has 0 aromatic heterocycles. The van der Waals surface area contributed by atoms with Crippen molar-refractivity contribution < 1.29 is 147 Å². The van der Waals surface area contributed by atoms with Crippen LogP contribution in [0.15, 0.2) is 273 Å². The summed E-state index contributed by atoms with van der Waals surface area (Å²) in [6, 6.07) is 97.9. The highest BCUT2D eigenvalue weighted by Crippen LogP contribution is 2.59. The van der Waals surface area contributed by atoms with E-state index in [0.29, 0.717) is 91.3 Å². The third kappa shape index (κ3) is 43.7. The fraction of sp³-hybridized carbons (Fsp3) is 0.365. The SMILES string of the molecule is C.CC(=O)C(F)(F)F.CC(=O)C(F)(F)F.CN(CC1(C(=O)NCCC[P+](c2ccccc2)(c2ccccc2)c2ccccc2)CC1)C(=N)N.CN(CC1(C(=O)NCCC[P+](c2ccccc2)(c2ccccc2)c2ccccc2)CCOCC1)C(=N)N.CN(CCC(C)(C)C(=O)CCCCC[P+](c1ccccc1)(c1ccccc1)c1ccccc1)C(=N)N.O=C(O)C(F)(F)F.O=C(O)C(F)(F)F.O=C(O)C(F)(F)F.O=C([O-])C(F)(F)F. The number of guanidine groups is 3. The van der Waals surface area contributed by atoms with Gasteiger partial charge in [-0.2, -0.15) is 79.0 Å². The molecule has 820 valence electrons. The van der Waals surface area contributed by atoms with E-state index >= 15 is 0 Å². The van der Waals surface area contributed by atoms with Gasteiger partial charge in [0.1, 0.15) is 81.3 Å². The number of alkyl halides is 18. The number of carboxylic acids is 4. The van der Waals surface area contributed by atoms with E-state index in [9.17, 15) is 103 Å². The molecule has 0 bridgehead atoms. The number of carbonyl (C=O) groups excluding carboxylic acids is 6. The first kappa shape index (κ1) is 133. The van der Waals surface area contributed by atoms with Gasteiger partial charge in [-0.3, -0.25) is 40.2 Å². The number of nitrogens with zero attached hydrogens (tertiary/aromatic N) is 3. The van der Waals surface area contributed by atoms with Crippen molar-refractivity contribution in [3.63, 3.8) is 0 Å². The molecule has 25 nitrogen and oxygen atoms in total. The number of benzene rings is 9. The number of nitrogens with two attached hydrogens (primary N) is 3. The van der Waals surface area contributed by atoms with E-state index in [1.807, 2.05) is 13.8 Å². The molecular weight excluding hydrogens is 2060 g/mol. The normalized spacial score (nSPS) is 12.9. The van der Waals surface area contributed by atoms with Gasteiger partial charge >= 0.3 is 55.0 Å². The molecule has 46 heteroatoms. The standard InChI is InChI=1S/C31H41N3OP.C30H37N4O2P.C28H33N4OP.2C3H3F3O.4C2HF3O2.CH4/c1-31(2,23-24-34(3)30(32)33)29(35)22-14-7-15-25-36(26-16-8-4-9-17-26,27-18-10-5-11-19-27)28-20-12-6-13-21-28;1-34(29(31)32)24-30(18-21-36-22-19-30)28(35)33-20-11-23-37(25-12-5-2-6-13-25,26-14-7-3-8-15-26)27-16-9-4-10-17-27;1-32(27(29)30)22-28(18-19-28)26(33)31-20-11-21-34(23-12-5-2-6-13-23,24-14-7-3-8-15-24)25-16-9-4-10-17-25;2*1-2(7)3(4,5)6;4*3-2(4,5)1(6)7;/h4-6,8-13,16-21H,7,14-15,22-25H2,1-3H3,(H3,32,33);2-10,12-17H,11,18-24H2,1H3,(H3-,31,32,33,35);2-10,12-17H,11,18-22H2,1H3,(H3-,29,30,31,33);2*1H3;4*(H,6,7);1H4/q+1;;;;;;;;;/p+1. The molecule has 1 aliphatic heterocycles. The maximum atomic E-state index is 13.5. The van der Waals surface area contributed by atoms with Gasteiger partial charge in [0.25, 0.3) is 0 Å². The molecule has 0 unspecified atom stereocenters. The first-order chi connectivity index (χ1) is 69.4. The molecule has 0 atom stereocenters. The average molecular weight is 2190 g/mol. The number of ketones is 3. The number of aliphatic carboxylic acids is 4. The van der Waals surface area contributed by atoms with Crippen LogP contribution in [-0.2, 0) is 47.9 Å². The maximum absolute atomic E-state index is 13.5. The Morgan fingerprint density at radius 3 is 0.733 bits per heavy atom. The number of halogens is 18. The Labute approximate surface area is 860 Å². The number of hydrogen-bond donors (Lipinski definition) is 11. The number of nitrogens with one attached hydrogen (secondary N) is 5. The zero-order valence-electron chi connectivity index (χ0n) is 82.4. The van der Waals surface area contributed by atoms with Gasteiger partial charge in [0.15, 0.2) is 17.9 Å². The first-order valence-electron chi connectivity index (χ1n) is 45.7. The van der Waals surface area contributed by atoms with E-state index in [0.717, 1.165) is 63.4 Å².